The number of anilines is 1. The van der Waals surface area contributed by atoms with Crippen LogP contribution in [0.25, 0.3) is 10.9 Å². The lowest BCUT2D eigenvalue weighted by molar-refractivity contribution is 0.0942. The molecule has 7 heteroatoms. The molecule has 1 amide bonds. The quantitative estimate of drug-likeness (QED) is 0.383. The molecule has 3 atom stereocenters. The van der Waals surface area contributed by atoms with E-state index in [4.69, 9.17) is 5.73 Å². The number of carbonyl (C=O) groups excluding carboxylic acids is 1. The van der Waals surface area contributed by atoms with Crippen molar-refractivity contribution in [3.63, 3.8) is 0 Å². The van der Waals surface area contributed by atoms with Gasteiger partial charge in [0.05, 0.1) is 17.2 Å². The Morgan fingerprint density at radius 3 is 2.70 bits per heavy atom. The fraction of sp³-hybridized carbons (Fsp3) is 0.565. The highest BCUT2D eigenvalue weighted by molar-refractivity contribution is 6.02. The van der Waals surface area contributed by atoms with Gasteiger partial charge in [-0.1, -0.05) is 38.0 Å². The molecule has 3 unspecified atom stereocenters. The van der Waals surface area contributed by atoms with Crippen LogP contribution in [0.15, 0.2) is 30.3 Å². The zero-order valence-corrected chi connectivity index (χ0v) is 18.0. The van der Waals surface area contributed by atoms with Crippen LogP contribution in [0.5, 0.6) is 0 Å². The topological polar surface area (TPSA) is 112 Å². The molecule has 1 aromatic heterocycles. The summed E-state index contributed by atoms with van der Waals surface area (Å²) in [6.07, 6.45) is 5.44. The van der Waals surface area contributed by atoms with Crippen LogP contribution in [0.3, 0.4) is 0 Å². The van der Waals surface area contributed by atoms with Gasteiger partial charge in [-0.25, -0.2) is 4.98 Å². The monoisotopic (exact) mass is 413 g/mol. The molecule has 0 aliphatic heterocycles. The summed E-state index contributed by atoms with van der Waals surface area (Å²) in [7, 11) is 0. The number of aromatic nitrogens is 1. The maximum Gasteiger partial charge on any atom is 0.256 e. The summed E-state index contributed by atoms with van der Waals surface area (Å²) in [6.45, 7) is 4.46. The van der Waals surface area contributed by atoms with Gasteiger partial charge in [0, 0.05) is 36.5 Å². The summed E-state index contributed by atoms with van der Waals surface area (Å²) in [4.78, 5) is 17.4. The Morgan fingerprint density at radius 1 is 1.30 bits per heavy atom. The van der Waals surface area contributed by atoms with Crippen LogP contribution in [-0.4, -0.2) is 47.4 Å². The maximum atomic E-state index is 12.7. The summed E-state index contributed by atoms with van der Waals surface area (Å²) in [5, 5.41) is 20.8. The van der Waals surface area contributed by atoms with E-state index in [0.29, 0.717) is 24.0 Å². The number of carbonyl (C=O) groups is 1. The van der Waals surface area contributed by atoms with Crippen LogP contribution in [0.1, 0.15) is 56.3 Å². The highest BCUT2D eigenvalue weighted by atomic mass is 16.3. The first-order chi connectivity index (χ1) is 14.5. The number of nitrogens with two attached hydrogens (primary N) is 1. The Bertz CT molecular complexity index is 835. The minimum atomic E-state index is -0.456. The van der Waals surface area contributed by atoms with Gasteiger partial charge in [0.1, 0.15) is 5.82 Å². The number of fused-ring (bicyclic) bond motifs is 1. The molecule has 2 aromatic rings. The van der Waals surface area contributed by atoms with Crippen LogP contribution in [0, 0.1) is 5.92 Å². The van der Waals surface area contributed by atoms with Crippen molar-refractivity contribution in [2.24, 2.45) is 11.7 Å². The summed E-state index contributed by atoms with van der Waals surface area (Å²) < 4.78 is 0. The van der Waals surface area contributed by atoms with Crippen molar-refractivity contribution in [2.75, 3.05) is 18.5 Å². The Balaban J connectivity index is 1.78. The lowest BCUT2D eigenvalue weighted by atomic mass is 9.96. The molecule has 1 fully saturated rings. The normalized spacial score (nSPS) is 17.6. The van der Waals surface area contributed by atoms with E-state index in [1.54, 1.807) is 6.92 Å². The molecule has 1 aliphatic carbocycles. The Kier molecular flexibility index (Phi) is 8.01. The number of nitrogens with zero attached hydrogens (tertiary/aromatic N) is 1. The number of pyridine rings is 1. The molecule has 0 bridgehead atoms. The van der Waals surface area contributed by atoms with E-state index in [1.807, 2.05) is 30.3 Å². The Labute approximate surface area is 178 Å². The van der Waals surface area contributed by atoms with Gasteiger partial charge in [0.2, 0.25) is 0 Å². The van der Waals surface area contributed by atoms with Crippen LogP contribution in [0.2, 0.25) is 0 Å². The Hall–Kier alpha value is -2.22. The smallest absolute Gasteiger partial charge is 0.256 e. The molecule has 1 aromatic carbocycles. The first-order valence-corrected chi connectivity index (χ1v) is 11.1. The van der Waals surface area contributed by atoms with Gasteiger partial charge < -0.3 is 26.8 Å². The molecule has 3 rings (SSSR count). The number of aliphatic hydroxyl groups is 1. The van der Waals surface area contributed by atoms with Gasteiger partial charge in [-0.3, -0.25) is 4.79 Å². The second-order valence-corrected chi connectivity index (χ2v) is 8.33. The molecule has 0 radical (unpaired) electrons. The molecule has 164 valence electrons. The Morgan fingerprint density at radius 2 is 2.03 bits per heavy atom. The molecule has 30 heavy (non-hydrogen) atoms. The largest absolute Gasteiger partial charge is 0.396 e. The van der Waals surface area contributed by atoms with Crippen molar-refractivity contribution in [3.05, 3.63) is 35.9 Å². The average molecular weight is 414 g/mol. The van der Waals surface area contributed by atoms with Gasteiger partial charge in [-0.15, -0.1) is 0 Å². The van der Waals surface area contributed by atoms with E-state index in [1.165, 1.54) is 25.7 Å². The van der Waals surface area contributed by atoms with Gasteiger partial charge in [0.25, 0.3) is 5.91 Å². The van der Waals surface area contributed by atoms with Crippen molar-refractivity contribution >= 4 is 22.6 Å². The highest BCUT2D eigenvalue weighted by Crippen LogP contribution is 2.23. The van der Waals surface area contributed by atoms with E-state index in [-0.39, 0.29) is 24.5 Å². The van der Waals surface area contributed by atoms with E-state index in [2.05, 4.69) is 27.9 Å². The zero-order chi connectivity index (χ0) is 21.5. The molecular formula is C23H35N5O2. The van der Waals surface area contributed by atoms with Gasteiger partial charge >= 0.3 is 0 Å². The molecule has 0 saturated heterocycles. The zero-order valence-electron chi connectivity index (χ0n) is 18.0. The number of para-hydroxylation sites is 1. The molecule has 6 N–H and O–H groups in total. The van der Waals surface area contributed by atoms with Crippen LogP contribution in [0.4, 0.5) is 5.82 Å². The lowest BCUT2D eigenvalue weighted by Crippen LogP contribution is -2.45. The fourth-order valence-corrected chi connectivity index (χ4v) is 4.25. The number of rotatable bonds is 10. The van der Waals surface area contributed by atoms with Crippen LogP contribution >= 0.6 is 0 Å². The number of hydrogen-bond donors (Lipinski definition) is 5. The number of amides is 1. The average Bonchev–Trinajstić information content (AvgIpc) is 3.25. The number of aliphatic hydroxyl groups excluding tert-OH is 1. The second kappa shape index (κ2) is 10.7. The minimum Gasteiger partial charge on any atom is -0.396 e. The summed E-state index contributed by atoms with van der Waals surface area (Å²) in [5.74, 6) is 0.275. The van der Waals surface area contributed by atoms with Gasteiger partial charge in [-0.2, -0.15) is 0 Å². The molecule has 1 heterocycles. The first kappa shape index (κ1) is 22.5. The minimum absolute atomic E-state index is 0.0215. The molecule has 1 aliphatic rings. The number of nitrogens with one attached hydrogen (secondary N) is 3. The third-order valence-electron chi connectivity index (χ3n) is 5.91. The lowest BCUT2D eigenvalue weighted by Gasteiger charge is -2.29. The molecule has 1 saturated carbocycles. The van der Waals surface area contributed by atoms with Crippen LogP contribution in [-0.2, 0) is 0 Å². The maximum absolute atomic E-state index is 12.7. The third-order valence-corrected chi connectivity index (χ3v) is 5.91. The number of hydrogen-bond acceptors (Lipinski definition) is 6. The van der Waals surface area contributed by atoms with Gasteiger partial charge in [-0.05, 0) is 38.3 Å². The second-order valence-electron chi connectivity index (χ2n) is 8.33. The highest BCUT2D eigenvalue weighted by Gasteiger charge is 2.25. The van der Waals surface area contributed by atoms with Crippen molar-refractivity contribution in [1.29, 1.82) is 0 Å². The summed E-state index contributed by atoms with van der Waals surface area (Å²) >= 11 is 0. The number of benzene rings is 1. The predicted octanol–water partition coefficient (Wildman–Crippen LogP) is 2.60. The molecular weight excluding hydrogens is 378 g/mol. The SMILES string of the molecule is CCC(NC1CCCC1)C(CO)CNc1nc2ccccc2cc1C(=O)NC(C)N. The predicted molar refractivity (Wildman–Crippen MR) is 121 cm³/mol. The molecule has 0 spiro atoms. The first-order valence-electron chi connectivity index (χ1n) is 11.1. The third kappa shape index (κ3) is 5.68. The van der Waals surface area contributed by atoms with E-state index >= 15 is 0 Å². The van der Waals surface area contributed by atoms with Crippen molar-refractivity contribution < 1.29 is 9.90 Å². The summed E-state index contributed by atoms with van der Waals surface area (Å²) in [6, 6.07) is 10.3. The van der Waals surface area contributed by atoms with Crippen molar-refractivity contribution in [1.82, 2.24) is 15.6 Å². The van der Waals surface area contributed by atoms with Crippen LogP contribution < -0.4 is 21.7 Å². The van der Waals surface area contributed by atoms with E-state index in [9.17, 15) is 9.90 Å². The van der Waals surface area contributed by atoms with E-state index in [0.717, 1.165) is 17.3 Å². The fourth-order valence-electron chi connectivity index (χ4n) is 4.25. The van der Waals surface area contributed by atoms with Gasteiger partial charge in [0.15, 0.2) is 0 Å². The summed E-state index contributed by atoms with van der Waals surface area (Å²) in [5.41, 5.74) is 7.03. The van der Waals surface area contributed by atoms with Crippen molar-refractivity contribution in [2.45, 2.75) is 64.2 Å². The van der Waals surface area contributed by atoms with Crippen molar-refractivity contribution in [3.8, 4) is 0 Å². The molecule has 7 nitrogen and oxygen atoms in total. The van der Waals surface area contributed by atoms with E-state index < -0.39 is 6.17 Å². The standard InChI is InChI=1S/C23H35N5O2/c1-3-20(27-18-9-5-6-10-18)17(14-29)13-25-22-19(23(30)26-15(2)24)12-16-8-4-7-11-21(16)28-22/h4,7-8,11-12,15,17-18,20,27,29H,3,5-6,9-10,13-14,24H2,1-2H3,(H,25,28)(H,26,30).